The third kappa shape index (κ3) is 5.10. The number of ether oxygens (including phenoxy) is 2. The molecule has 0 aliphatic rings. The molecule has 0 aliphatic heterocycles. The molecule has 112 valence electrons. The normalized spacial score (nSPS) is 11.4. The van der Waals surface area contributed by atoms with E-state index in [1.807, 2.05) is 0 Å². The molecule has 0 radical (unpaired) electrons. The number of nitrogens with zero attached hydrogens (tertiary/aromatic N) is 1. The van der Waals surface area contributed by atoms with E-state index in [0.29, 0.717) is 13.2 Å². The van der Waals surface area contributed by atoms with Gasteiger partial charge in [0, 0.05) is 19.9 Å². The monoisotopic (exact) mass is 319 g/mol. The van der Waals surface area contributed by atoms with Gasteiger partial charge in [0.25, 0.3) is 0 Å². The van der Waals surface area contributed by atoms with Crippen molar-refractivity contribution in [3.8, 4) is 0 Å². The molecule has 0 saturated carbocycles. The van der Waals surface area contributed by atoms with Gasteiger partial charge in [0.2, 0.25) is 10.0 Å². The summed E-state index contributed by atoms with van der Waals surface area (Å²) < 4.78 is 36.6. The van der Waals surface area contributed by atoms with Gasteiger partial charge < -0.3 is 15.2 Å². The fourth-order valence-corrected chi connectivity index (χ4v) is 2.77. The molecule has 0 fully saturated rings. The Morgan fingerprint density at radius 1 is 1.45 bits per heavy atom. The Kier molecular flexibility index (Phi) is 6.96. The smallest absolute Gasteiger partial charge is 0.242 e. The van der Waals surface area contributed by atoms with Crippen molar-refractivity contribution in [1.82, 2.24) is 9.71 Å². The van der Waals surface area contributed by atoms with Crippen LogP contribution in [0.5, 0.6) is 0 Å². The van der Waals surface area contributed by atoms with Crippen LogP contribution in [-0.2, 0) is 19.5 Å². The van der Waals surface area contributed by atoms with Crippen molar-refractivity contribution in [2.24, 2.45) is 5.73 Å². The van der Waals surface area contributed by atoms with Crippen molar-refractivity contribution in [2.75, 3.05) is 33.5 Å². The van der Waals surface area contributed by atoms with Gasteiger partial charge in [-0.3, -0.25) is 4.98 Å². The number of pyridine rings is 1. The number of aromatic nitrogens is 1. The van der Waals surface area contributed by atoms with Crippen LogP contribution in [0.3, 0.4) is 0 Å². The third-order valence-corrected chi connectivity index (χ3v) is 3.95. The lowest BCUT2D eigenvalue weighted by Crippen LogP contribution is -2.30. The van der Waals surface area contributed by atoms with Crippen molar-refractivity contribution in [2.45, 2.75) is 4.90 Å². The largest absolute Gasteiger partial charge is 0.388 e. The number of hydrogen-bond acceptors (Lipinski definition) is 6. The van der Waals surface area contributed by atoms with E-state index in [4.69, 9.17) is 27.4 Å². The number of methoxy groups -OCH3 is 1. The Balaban J connectivity index is 2.63. The fourth-order valence-electron chi connectivity index (χ4n) is 1.36. The number of rotatable bonds is 9. The zero-order chi connectivity index (χ0) is 15.0. The van der Waals surface area contributed by atoms with E-state index in [-0.39, 0.29) is 28.7 Å². The van der Waals surface area contributed by atoms with Crippen LogP contribution in [0.15, 0.2) is 23.2 Å². The molecule has 0 amide bonds. The molecule has 3 N–H and O–H groups in total. The van der Waals surface area contributed by atoms with E-state index < -0.39 is 10.0 Å². The van der Waals surface area contributed by atoms with Crippen LogP contribution in [0.2, 0.25) is 0 Å². The number of sulfonamides is 1. The van der Waals surface area contributed by atoms with E-state index in [1.165, 1.54) is 18.3 Å². The van der Waals surface area contributed by atoms with Gasteiger partial charge in [0.1, 0.15) is 15.6 Å². The van der Waals surface area contributed by atoms with Crippen molar-refractivity contribution in [1.29, 1.82) is 0 Å². The Bertz CT molecular complexity index is 548. The molecule has 1 rings (SSSR count). The maximum absolute atomic E-state index is 12.1. The van der Waals surface area contributed by atoms with E-state index >= 15 is 0 Å². The van der Waals surface area contributed by atoms with Crippen LogP contribution < -0.4 is 10.5 Å². The van der Waals surface area contributed by atoms with Crippen LogP contribution in [0.25, 0.3) is 0 Å². The van der Waals surface area contributed by atoms with Gasteiger partial charge in [0.05, 0.1) is 19.8 Å². The maximum atomic E-state index is 12.1. The van der Waals surface area contributed by atoms with Crippen LogP contribution in [-0.4, -0.2) is 51.9 Å². The van der Waals surface area contributed by atoms with E-state index in [0.717, 1.165) is 0 Å². The minimum atomic E-state index is -3.72. The Morgan fingerprint density at radius 2 is 2.20 bits per heavy atom. The molecular formula is C11H17N3O4S2. The Hall–Kier alpha value is -1.13. The molecule has 1 aromatic rings. The quantitative estimate of drug-likeness (QED) is 0.474. The molecule has 0 bridgehead atoms. The summed E-state index contributed by atoms with van der Waals surface area (Å²) in [7, 11) is -2.16. The average Bonchev–Trinajstić information content (AvgIpc) is 2.42. The molecular weight excluding hydrogens is 302 g/mol. The maximum Gasteiger partial charge on any atom is 0.242 e. The van der Waals surface area contributed by atoms with E-state index in [9.17, 15) is 8.42 Å². The number of thiocarbonyl (C=S) groups is 1. The van der Waals surface area contributed by atoms with Gasteiger partial charge in [0.15, 0.2) is 0 Å². The Morgan fingerprint density at radius 3 is 2.85 bits per heavy atom. The summed E-state index contributed by atoms with van der Waals surface area (Å²) in [6.07, 6.45) is 1.43. The minimum Gasteiger partial charge on any atom is -0.388 e. The van der Waals surface area contributed by atoms with Crippen LogP contribution in [0.4, 0.5) is 0 Å². The summed E-state index contributed by atoms with van der Waals surface area (Å²) in [6, 6.07) is 2.90. The van der Waals surface area contributed by atoms with Crippen molar-refractivity contribution >= 4 is 27.2 Å². The molecule has 7 nitrogen and oxygen atoms in total. The van der Waals surface area contributed by atoms with Gasteiger partial charge in [-0.25, -0.2) is 13.1 Å². The molecule has 0 aliphatic carbocycles. The topological polar surface area (TPSA) is 104 Å². The molecule has 1 heterocycles. The molecule has 1 aromatic heterocycles. The lowest BCUT2D eigenvalue weighted by Gasteiger charge is -2.10. The van der Waals surface area contributed by atoms with Gasteiger partial charge >= 0.3 is 0 Å². The summed E-state index contributed by atoms with van der Waals surface area (Å²) in [5.41, 5.74) is 5.54. The molecule has 0 atom stereocenters. The van der Waals surface area contributed by atoms with Gasteiger partial charge in [-0.15, -0.1) is 0 Å². The number of nitrogens with two attached hydrogens (primary N) is 1. The van der Waals surface area contributed by atoms with Crippen LogP contribution in [0, 0.1) is 0 Å². The second-order valence-electron chi connectivity index (χ2n) is 3.72. The standard InChI is InChI=1S/C11H17N3O4S2/c1-17-7-8-18-6-5-14-20(15,16)9-3-2-4-13-10(9)11(12)19/h2-4,14H,5-8H2,1H3,(H2,12,19). The molecule has 0 spiro atoms. The summed E-state index contributed by atoms with van der Waals surface area (Å²) >= 11 is 4.79. The number of hydrogen-bond donors (Lipinski definition) is 2. The lowest BCUT2D eigenvalue weighted by molar-refractivity contribution is 0.0736. The predicted molar refractivity (Wildman–Crippen MR) is 78.0 cm³/mol. The highest BCUT2D eigenvalue weighted by molar-refractivity contribution is 7.89. The van der Waals surface area contributed by atoms with Crippen molar-refractivity contribution in [3.05, 3.63) is 24.0 Å². The first-order valence-electron chi connectivity index (χ1n) is 5.80. The van der Waals surface area contributed by atoms with Crippen LogP contribution >= 0.6 is 12.2 Å². The minimum absolute atomic E-state index is 0.0376. The molecule has 9 heteroatoms. The highest BCUT2D eigenvalue weighted by Crippen LogP contribution is 2.12. The zero-order valence-electron chi connectivity index (χ0n) is 11.0. The average molecular weight is 319 g/mol. The summed E-state index contributed by atoms with van der Waals surface area (Å²) in [4.78, 5) is 3.78. The summed E-state index contributed by atoms with van der Waals surface area (Å²) in [6.45, 7) is 1.24. The first-order valence-corrected chi connectivity index (χ1v) is 7.69. The van der Waals surface area contributed by atoms with E-state index in [1.54, 1.807) is 7.11 Å². The molecule has 0 aromatic carbocycles. The van der Waals surface area contributed by atoms with Crippen LogP contribution in [0.1, 0.15) is 5.69 Å². The zero-order valence-corrected chi connectivity index (χ0v) is 12.7. The van der Waals surface area contributed by atoms with Gasteiger partial charge in [-0.05, 0) is 12.1 Å². The SMILES string of the molecule is COCCOCCNS(=O)(=O)c1cccnc1C(N)=S. The molecule has 0 unspecified atom stereocenters. The molecule has 20 heavy (non-hydrogen) atoms. The molecule has 0 saturated heterocycles. The second-order valence-corrected chi connectivity index (χ2v) is 5.89. The van der Waals surface area contributed by atoms with E-state index in [2.05, 4.69) is 9.71 Å². The fraction of sp³-hybridized carbons (Fsp3) is 0.455. The van der Waals surface area contributed by atoms with Crippen molar-refractivity contribution in [3.63, 3.8) is 0 Å². The number of nitrogens with one attached hydrogen (secondary N) is 1. The summed E-state index contributed by atoms with van der Waals surface area (Å²) in [5, 5.41) is 0. The first kappa shape index (κ1) is 16.9. The van der Waals surface area contributed by atoms with Gasteiger partial charge in [-0.2, -0.15) is 0 Å². The highest BCUT2D eigenvalue weighted by atomic mass is 32.2. The van der Waals surface area contributed by atoms with Crippen molar-refractivity contribution < 1.29 is 17.9 Å². The summed E-state index contributed by atoms with van der Waals surface area (Å²) in [5.74, 6) is 0. The van der Waals surface area contributed by atoms with Gasteiger partial charge in [-0.1, -0.05) is 12.2 Å². The lowest BCUT2D eigenvalue weighted by atomic mass is 10.3. The third-order valence-electron chi connectivity index (χ3n) is 2.26. The second kappa shape index (κ2) is 8.22. The Labute approximate surface area is 123 Å². The highest BCUT2D eigenvalue weighted by Gasteiger charge is 2.19. The first-order chi connectivity index (χ1) is 9.49. The predicted octanol–water partition coefficient (Wildman–Crippen LogP) is -0.343.